The minimum Gasteiger partial charge on any atom is -0.469 e. The fraction of sp³-hybridized carbons (Fsp3) is 0.600. The minimum atomic E-state index is -1.26. The number of hydrogen-bond donors (Lipinski definition) is 2. The van der Waals surface area contributed by atoms with Gasteiger partial charge in [0, 0.05) is 17.4 Å². The Hall–Kier alpha value is -0.800. The first-order valence-corrected chi connectivity index (χ1v) is 4.53. The second-order valence-electron chi connectivity index (χ2n) is 4.41. The van der Waals surface area contributed by atoms with Crippen molar-refractivity contribution < 1.29 is 9.52 Å². The summed E-state index contributed by atoms with van der Waals surface area (Å²) < 4.78 is 5.24. The van der Waals surface area contributed by atoms with Gasteiger partial charge in [-0.3, -0.25) is 5.73 Å². The molecule has 3 nitrogen and oxygen atoms in total. The molecule has 0 radical (unpaired) electrons. The van der Waals surface area contributed by atoms with E-state index in [4.69, 9.17) is 10.2 Å². The summed E-state index contributed by atoms with van der Waals surface area (Å²) in [7, 11) is 0. The molecule has 1 atom stereocenters. The lowest BCUT2D eigenvalue weighted by molar-refractivity contribution is -0.0825. The molecule has 0 fully saturated rings. The Bertz CT molecular complexity index is 325. The van der Waals surface area contributed by atoms with E-state index in [9.17, 15) is 5.11 Å². The Morgan fingerprint density at radius 2 is 2.23 bits per heavy atom. The van der Waals surface area contributed by atoms with Gasteiger partial charge in [-0.25, -0.2) is 0 Å². The van der Waals surface area contributed by atoms with Crippen molar-refractivity contribution in [1.82, 2.24) is 0 Å². The molecule has 1 aliphatic rings. The summed E-state index contributed by atoms with van der Waals surface area (Å²) in [5.41, 5.74) is 5.10. The molecule has 1 unspecified atom stereocenters. The second kappa shape index (κ2) is 2.36. The Balaban J connectivity index is 2.54. The molecule has 1 heterocycles. The van der Waals surface area contributed by atoms with Crippen molar-refractivity contribution in [3.63, 3.8) is 0 Å². The highest BCUT2D eigenvalue weighted by molar-refractivity contribution is 5.29. The van der Waals surface area contributed by atoms with E-state index in [1.54, 1.807) is 12.3 Å². The molecule has 0 aliphatic heterocycles. The van der Waals surface area contributed by atoms with Gasteiger partial charge >= 0.3 is 0 Å². The van der Waals surface area contributed by atoms with Crippen molar-refractivity contribution in [2.24, 2.45) is 11.1 Å². The average Bonchev–Trinajstić information content (AvgIpc) is 2.46. The zero-order valence-corrected chi connectivity index (χ0v) is 8.00. The van der Waals surface area contributed by atoms with Gasteiger partial charge in [-0.05, 0) is 12.5 Å². The van der Waals surface area contributed by atoms with Gasteiger partial charge in [0.1, 0.15) is 11.5 Å². The highest BCUT2D eigenvalue weighted by atomic mass is 16.3. The molecule has 3 heteroatoms. The molecule has 0 saturated carbocycles. The zero-order valence-electron chi connectivity index (χ0n) is 8.00. The average molecular weight is 181 g/mol. The number of nitrogens with two attached hydrogens (primary N) is 1. The molecular weight excluding hydrogens is 166 g/mol. The lowest BCUT2D eigenvalue weighted by atomic mass is 9.70. The van der Waals surface area contributed by atoms with Crippen LogP contribution in [0, 0.1) is 5.41 Å². The van der Waals surface area contributed by atoms with Crippen LogP contribution in [0.1, 0.15) is 31.6 Å². The fourth-order valence-corrected chi connectivity index (χ4v) is 1.85. The molecule has 0 spiro atoms. The summed E-state index contributed by atoms with van der Waals surface area (Å²) in [5.74, 6) is 0.823. The first kappa shape index (κ1) is 8.78. The lowest BCUT2D eigenvalue weighted by Crippen LogP contribution is -2.52. The van der Waals surface area contributed by atoms with Gasteiger partial charge in [0.05, 0.1) is 6.26 Å². The predicted molar refractivity (Wildman–Crippen MR) is 48.9 cm³/mol. The van der Waals surface area contributed by atoms with Gasteiger partial charge in [-0.15, -0.1) is 0 Å². The van der Waals surface area contributed by atoms with E-state index in [1.165, 1.54) is 0 Å². The Kier molecular flexibility index (Phi) is 1.60. The number of rotatable bonds is 0. The van der Waals surface area contributed by atoms with Gasteiger partial charge in [0.25, 0.3) is 0 Å². The summed E-state index contributed by atoms with van der Waals surface area (Å²) >= 11 is 0. The van der Waals surface area contributed by atoms with E-state index in [0.29, 0.717) is 0 Å². The zero-order chi connectivity index (χ0) is 9.69. The molecule has 0 aromatic carbocycles. The second-order valence-corrected chi connectivity index (χ2v) is 4.41. The van der Waals surface area contributed by atoms with Gasteiger partial charge in [0.15, 0.2) is 0 Å². The van der Waals surface area contributed by atoms with Crippen LogP contribution in [0.3, 0.4) is 0 Å². The number of fused-ring (bicyclic) bond motifs is 1. The maximum atomic E-state index is 10.2. The van der Waals surface area contributed by atoms with Crippen LogP contribution < -0.4 is 5.73 Å². The van der Waals surface area contributed by atoms with Crippen LogP contribution in [0.2, 0.25) is 0 Å². The van der Waals surface area contributed by atoms with Crippen LogP contribution in [-0.2, 0) is 12.1 Å². The lowest BCUT2D eigenvalue weighted by Gasteiger charge is -2.42. The van der Waals surface area contributed by atoms with Crippen molar-refractivity contribution in [1.29, 1.82) is 0 Å². The number of furan rings is 1. The van der Waals surface area contributed by atoms with Crippen LogP contribution in [0.5, 0.6) is 0 Å². The molecule has 1 aromatic rings. The highest BCUT2D eigenvalue weighted by Gasteiger charge is 2.46. The van der Waals surface area contributed by atoms with Gasteiger partial charge in [-0.2, -0.15) is 0 Å². The third-order valence-electron chi connectivity index (χ3n) is 3.16. The maximum absolute atomic E-state index is 10.2. The molecule has 1 aliphatic carbocycles. The Morgan fingerprint density at radius 3 is 2.92 bits per heavy atom. The first-order chi connectivity index (χ1) is 5.95. The summed E-state index contributed by atoms with van der Waals surface area (Å²) in [6.45, 7) is 3.95. The van der Waals surface area contributed by atoms with Crippen molar-refractivity contribution in [3.8, 4) is 0 Å². The molecule has 1 aromatic heterocycles. The monoisotopic (exact) mass is 181 g/mol. The van der Waals surface area contributed by atoms with E-state index >= 15 is 0 Å². The van der Waals surface area contributed by atoms with Gasteiger partial charge < -0.3 is 9.52 Å². The van der Waals surface area contributed by atoms with E-state index < -0.39 is 5.72 Å². The topological polar surface area (TPSA) is 59.4 Å². The van der Waals surface area contributed by atoms with Crippen molar-refractivity contribution in [2.45, 2.75) is 32.4 Å². The van der Waals surface area contributed by atoms with E-state index in [2.05, 4.69) is 0 Å². The smallest absolute Gasteiger partial charge is 0.148 e. The molecular formula is C10H15NO2. The van der Waals surface area contributed by atoms with E-state index in [0.717, 1.165) is 24.2 Å². The molecule has 2 rings (SSSR count). The van der Waals surface area contributed by atoms with Crippen LogP contribution >= 0.6 is 0 Å². The molecule has 3 N–H and O–H groups in total. The molecule has 0 saturated heterocycles. The number of aryl methyl sites for hydroxylation is 1. The third kappa shape index (κ3) is 1.04. The highest BCUT2D eigenvalue weighted by Crippen LogP contribution is 2.44. The maximum Gasteiger partial charge on any atom is 0.148 e. The van der Waals surface area contributed by atoms with E-state index in [-0.39, 0.29) is 5.41 Å². The van der Waals surface area contributed by atoms with Crippen LogP contribution in [0.15, 0.2) is 16.7 Å². The van der Waals surface area contributed by atoms with Crippen molar-refractivity contribution >= 4 is 0 Å². The predicted octanol–water partition coefficient (Wildman–Crippen LogP) is 1.36. The first-order valence-electron chi connectivity index (χ1n) is 4.53. The quantitative estimate of drug-likeness (QED) is 0.594. The summed E-state index contributed by atoms with van der Waals surface area (Å²) in [4.78, 5) is 0. The Morgan fingerprint density at radius 1 is 1.54 bits per heavy atom. The summed E-state index contributed by atoms with van der Waals surface area (Å²) in [6.07, 6.45) is 3.29. The molecule has 13 heavy (non-hydrogen) atoms. The normalized spacial score (nSPS) is 31.4. The van der Waals surface area contributed by atoms with Crippen LogP contribution in [0.25, 0.3) is 0 Å². The number of hydrogen-bond acceptors (Lipinski definition) is 3. The van der Waals surface area contributed by atoms with Crippen LogP contribution in [-0.4, -0.2) is 5.11 Å². The van der Waals surface area contributed by atoms with Crippen LogP contribution in [0.4, 0.5) is 0 Å². The van der Waals surface area contributed by atoms with Gasteiger partial charge in [-0.1, -0.05) is 13.8 Å². The number of aliphatic hydroxyl groups is 1. The summed E-state index contributed by atoms with van der Waals surface area (Å²) in [6, 6.07) is 1.76. The standard InChI is InChI=1S/C10H15NO2/c1-9(2)5-3-8-7(4-6-13-8)10(9,11)12/h4,6,12H,3,5,11H2,1-2H3. The molecule has 0 bridgehead atoms. The summed E-state index contributed by atoms with van der Waals surface area (Å²) in [5, 5.41) is 10.2. The minimum absolute atomic E-state index is 0.288. The van der Waals surface area contributed by atoms with Crippen molar-refractivity contribution in [3.05, 3.63) is 23.7 Å². The largest absolute Gasteiger partial charge is 0.469 e. The fourth-order valence-electron chi connectivity index (χ4n) is 1.85. The SMILES string of the molecule is CC1(C)CCc2occc2C1(N)O. The third-order valence-corrected chi connectivity index (χ3v) is 3.16. The molecule has 0 amide bonds. The van der Waals surface area contributed by atoms with E-state index in [1.807, 2.05) is 13.8 Å². The molecule has 72 valence electrons. The van der Waals surface area contributed by atoms with Crippen molar-refractivity contribution in [2.75, 3.05) is 0 Å². The Labute approximate surface area is 77.5 Å². The van der Waals surface area contributed by atoms with Gasteiger partial charge in [0.2, 0.25) is 0 Å².